The summed E-state index contributed by atoms with van der Waals surface area (Å²) in [5.41, 5.74) is 4.38. The molecule has 8 heteroatoms. The van der Waals surface area contributed by atoms with Gasteiger partial charge in [0.1, 0.15) is 11.3 Å². The molecule has 0 saturated carbocycles. The predicted molar refractivity (Wildman–Crippen MR) is 141 cm³/mol. The number of hydrogen-bond donors (Lipinski definition) is 1. The average molecular weight is 496 g/mol. The molecule has 0 aliphatic carbocycles. The Labute approximate surface area is 214 Å². The Morgan fingerprint density at radius 3 is 2.27 bits per heavy atom. The number of aromatic amines is 1. The molecule has 0 bridgehead atoms. The van der Waals surface area contributed by atoms with Gasteiger partial charge in [0.25, 0.3) is 17.2 Å². The summed E-state index contributed by atoms with van der Waals surface area (Å²) >= 11 is 0. The van der Waals surface area contributed by atoms with Crippen LogP contribution in [0.1, 0.15) is 27.9 Å². The number of ether oxygens (including phenoxy) is 1. The zero-order chi connectivity index (χ0) is 26.4. The van der Waals surface area contributed by atoms with Crippen molar-refractivity contribution in [1.29, 1.82) is 0 Å². The van der Waals surface area contributed by atoms with Crippen molar-refractivity contribution in [3.05, 3.63) is 105 Å². The number of nitrogens with zero attached hydrogens (tertiary/aromatic N) is 3. The zero-order valence-electron chi connectivity index (χ0n) is 21.3. The van der Waals surface area contributed by atoms with E-state index in [4.69, 9.17) is 4.74 Å². The fourth-order valence-electron chi connectivity index (χ4n) is 4.67. The lowest BCUT2D eigenvalue weighted by molar-refractivity contribution is -0.577. The Morgan fingerprint density at radius 1 is 0.865 bits per heavy atom. The Kier molecular flexibility index (Phi) is 5.87. The number of nitrogens with one attached hydrogen (secondary N) is 1. The highest BCUT2D eigenvalue weighted by Gasteiger charge is 2.48. The number of rotatable bonds is 5. The smallest absolute Gasteiger partial charge is 0.331 e. The third-order valence-electron chi connectivity index (χ3n) is 6.74. The van der Waals surface area contributed by atoms with Gasteiger partial charge in [0.2, 0.25) is 0 Å². The van der Waals surface area contributed by atoms with Crippen molar-refractivity contribution in [1.82, 2.24) is 9.78 Å². The largest absolute Gasteiger partial charge is 0.497 e. The van der Waals surface area contributed by atoms with E-state index in [1.54, 1.807) is 61.3 Å². The summed E-state index contributed by atoms with van der Waals surface area (Å²) in [5, 5.41) is 3.12. The van der Waals surface area contributed by atoms with Crippen LogP contribution in [-0.2, 0) is 9.59 Å². The second kappa shape index (κ2) is 9.05. The van der Waals surface area contributed by atoms with Gasteiger partial charge in [-0.05, 0) is 75.2 Å². The number of amides is 2. The van der Waals surface area contributed by atoms with Gasteiger partial charge in [-0.3, -0.25) is 19.5 Å². The molecule has 0 spiro atoms. The molecule has 1 aliphatic heterocycles. The van der Waals surface area contributed by atoms with Gasteiger partial charge < -0.3 is 4.74 Å². The van der Waals surface area contributed by atoms with Crippen molar-refractivity contribution in [3.8, 4) is 11.4 Å². The van der Waals surface area contributed by atoms with Crippen LogP contribution in [0.5, 0.6) is 5.75 Å². The Balaban J connectivity index is 1.75. The van der Waals surface area contributed by atoms with Gasteiger partial charge in [0, 0.05) is 17.3 Å². The highest BCUT2D eigenvalue weighted by Crippen LogP contribution is 2.34. The van der Waals surface area contributed by atoms with E-state index in [1.807, 2.05) is 45.0 Å². The van der Waals surface area contributed by atoms with Crippen LogP contribution < -0.4 is 19.8 Å². The topological polar surface area (TPSA) is 88.3 Å². The Bertz CT molecular complexity index is 1660. The maximum absolute atomic E-state index is 14.0. The normalized spacial score (nSPS) is 13.6. The molecular weight excluding hydrogens is 468 g/mol. The second-order valence-electron chi connectivity index (χ2n) is 9.13. The van der Waals surface area contributed by atoms with Crippen LogP contribution in [0.15, 0.2) is 71.8 Å². The minimum Gasteiger partial charge on any atom is -0.497 e. The van der Waals surface area contributed by atoms with Gasteiger partial charge in [-0.1, -0.05) is 12.1 Å². The summed E-state index contributed by atoms with van der Waals surface area (Å²) in [6, 6.07) is 16.1. The Morgan fingerprint density at radius 2 is 1.59 bits per heavy atom. The number of hydrogen-bond acceptors (Lipinski definition) is 4. The average Bonchev–Trinajstić information content (AvgIpc) is 3.31. The summed E-state index contributed by atoms with van der Waals surface area (Å²) in [6.07, 6.45) is 3.47. The minimum absolute atomic E-state index is 0.0548. The molecule has 0 radical (unpaired) electrons. The number of imide groups is 1. The predicted octanol–water partition coefficient (Wildman–Crippen LogP) is 3.64. The molecule has 8 nitrogen and oxygen atoms in total. The van der Waals surface area contributed by atoms with Crippen molar-refractivity contribution < 1.29 is 18.9 Å². The molecule has 0 unspecified atom stereocenters. The molecule has 2 aromatic carbocycles. The number of methoxy groups -OCH3 is 1. The maximum Gasteiger partial charge on any atom is 0.331 e. The van der Waals surface area contributed by atoms with Crippen molar-refractivity contribution in [2.24, 2.45) is 0 Å². The van der Waals surface area contributed by atoms with E-state index in [9.17, 15) is 14.4 Å². The fourth-order valence-corrected chi connectivity index (χ4v) is 4.67. The summed E-state index contributed by atoms with van der Waals surface area (Å²) in [7, 11) is 1.54. The van der Waals surface area contributed by atoms with Crippen molar-refractivity contribution in [2.75, 3.05) is 12.0 Å². The van der Waals surface area contributed by atoms with Gasteiger partial charge >= 0.3 is 5.91 Å². The van der Waals surface area contributed by atoms with Gasteiger partial charge in [0.15, 0.2) is 12.4 Å². The van der Waals surface area contributed by atoms with Crippen LogP contribution in [0.4, 0.5) is 5.69 Å². The van der Waals surface area contributed by atoms with Gasteiger partial charge in [-0.2, -0.15) is 4.57 Å². The van der Waals surface area contributed by atoms with E-state index in [0.717, 1.165) is 21.6 Å². The van der Waals surface area contributed by atoms with Gasteiger partial charge in [-0.15, -0.1) is 0 Å². The minimum atomic E-state index is -0.563. The van der Waals surface area contributed by atoms with E-state index in [-0.39, 0.29) is 16.8 Å². The third-order valence-corrected chi connectivity index (χ3v) is 6.74. The molecule has 1 aliphatic rings. The van der Waals surface area contributed by atoms with Crippen LogP contribution in [0.2, 0.25) is 0 Å². The number of pyridine rings is 1. The zero-order valence-corrected chi connectivity index (χ0v) is 21.3. The number of carbonyl (C=O) groups excluding carboxylic acids is 2. The second-order valence-corrected chi connectivity index (χ2v) is 9.13. The number of H-pyrrole nitrogens is 1. The third kappa shape index (κ3) is 3.87. The first-order valence-electron chi connectivity index (χ1n) is 11.9. The molecule has 2 aromatic heterocycles. The van der Waals surface area contributed by atoms with E-state index in [2.05, 4.69) is 5.10 Å². The molecule has 186 valence electrons. The molecule has 3 heterocycles. The number of carbonyl (C=O) groups is 2. The molecule has 4 aromatic rings. The molecule has 2 amide bonds. The first-order chi connectivity index (χ1) is 17.7. The molecule has 0 fully saturated rings. The SMILES string of the molecule is COc1ccc(N2C(=O)C(c3c(C)[nH]n(-c4cccc(C)c4C)c3=O)=C([n+]3cccc(C)c3)C2=O)cc1. The first kappa shape index (κ1) is 24.0. The summed E-state index contributed by atoms with van der Waals surface area (Å²) in [6.45, 7) is 7.54. The summed E-state index contributed by atoms with van der Waals surface area (Å²) in [5.74, 6) is -0.479. The number of aryl methyl sites for hydroxylation is 3. The molecule has 1 N–H and O–H groups in total. The molecule has 37 heavy (non-hydrogen) atoms. The van der Waals surface area contributed by atoms with E-state index < -0.39 is 17.4 Å². The van der Waals surface area contributed by atoms with Crippen LogP contribution in [0.25, 0.3) is 17.0 Å². The number of benzene rings is 2. The molecule has 5 rings (SSSR count). The lowest BCUT2D eigenvalue weighted by Crippen LogP contribution is -2.39. The van der Waals surface area contributed by atoms with Crippen LogP contribution in [0.3, 0.4) is 0 Å². The lowest BCUT2D eigenvalue weighted by Gasteiger charge is -2.14. The van der Waals surface area contributed by atoms with E-state index >= 15 is 0 Å². The van der Waals surface area contributed by atoms with Gasteiger partial charge in [0.05, 0.1) is 24.0 Å². The monoisotopic (exact) mass is 495 g/mol. The fraction of sp³-hybridized carbons (Fsp3) is 0.172. The summed E-state index contributed by atoms with van der Waals surface area (Å²) < 4.78 is 8.27. The van der Waals surface area contributed by atoms with Crippen molar-refractivity contribution in [2.45, 2.75) is 27.7 Å². The first-order valence-corrected chi connectivity index (χ1v) is 11.9. The maximum atomic E-state index is 14.0. The highest BCUT2D eigenvalue weighted by molar-refractivity contribution is 6.53. The van der Waals surface area contributed by atoms with Crippen LogP contribution in [-0.4, -0.2) is 28.7 Å². The van der Waals surface area contributed by atoms with Crippen LogP contribution in [0, 0.1) is 27.7 Å². The molecule has 0 saturated heterocycles. The Hall–Kier alpha value is -4.72. The summed E-state index contributed by atoms with van der Waals surface area (Å²) in [4.78, 5) is 42.8. The van der Waals surface area contributed by atoms with Crippen molar-refractivity contribution in [3.63, 3.8) is 0 Å². The number of anilines is 1. The standard InChI is InChI=1S/C29H26N4O4/c1-17-8-7-15-31(16-17)26-25(27(34)32(29(26)36)21-11-13-22(37-5)14-12-21)24-20(4)30-33(28(24)35)23-10-6-9-18(2)19(23)3/h6-16H,1-5H3/p+1. The highest BCUT2D eigenvalue weighted by atomic mass is 16.5. The molecular formula is C29H27N4O4+. The van der Waals surface area contributed by atoms with Crippen LogP contribution >= 0.6 is 0 Å². The lowest BCUT2D eigenvalue weighted by atomic mass is 10.0. The quantitative estimate of drug-likeness (QED) is 0.338. The van der Waals surface area contributed by atoms with Gasteiger partial charge in [-0.25, -0.2) is 9.58 Å². The molecule has 0 atom stereocenters. The van der Waals surface area contributed by atoms with E-state index in [1.165, 1.54) is 4.68 Å². The van der Waals surface area contributed by atoms with Crippen molar-refractivity contribution >= 4 is 28.8 Å². The number of aromatic nitrogens is 3. The van der Waals surface area contributed by atoms with E-state index in [0.29, 0.717) is 22.8 Å².